The van der Waals surface area contributed by atoms with Gasteiger partial charge in [-0.1, -0.05) is 24.3 Å². The molecule has 0 aromatic heterocycles. The van der Waals surface area contributed by atoms with Gasteiger partial charge in [0.15, 0.2) is 5.96 Å². The van der Waals surface area contributed by atoms with Gasteiger partial charge in [-0.15, -0.1) is 0 Å². The van der Waals surface area contributed by atoms with Gasteiger partial charge in [0.25, 0.3) is 0 Å². The fourth-order valence-corrected chi connectivity index (χ4v) is 3.67. The van der Waals surface area contributed by atoms with Gasteiger partial charge in [0.2, 0.25) is 0 Å². The van der Waals surface area contributed by atoms with E-state index in [1.165, 1.54) is 17.5 Å². The molecule has 1 aromatic rings. The molecule has 1 N–H and O–H groups in total. The number of nitrogens with zero attached hydrogens (tertiary/aromatic N) is 3. The van der Waals surface area contributed by atoms with Crippen LogP contribution >= 0.6 is 0 Å². The maximum Gasteiger partial charge on any atom is 0.194 e. The lowest BCUT2D eigenvalue weighted by atomic mass is 10.1. The van der Waals surface area contributed by atoms with Gasteiger partial charge >= 0.3 is 0 Å². The van der Waals surface area contributed by atoms with Gasteiger partial charge in [-0.25, -0.2) is 4.99 Å². The summed E-state index contributed by atoms with van der Waals surface area (Å²) < 4.78 is 10.7. The van der Waals surface area contributed by atoms with Crippen molar-refractivity contribution in [1.82, 2.24) is 15.1 Å². The second kappa shape index (κ2) is 9.90. The number of methoxy groups -OCH3 is 1. The third-order valence-electron chi connectivity index (χ3n) is 5.11. The monoisotopic (exact) mass is 360 g/mol. The maximum atomic E-state index is 5.48. The molecule has 6 nitrogen and oxygen atoms in total. The van der Waals surface area contributed by atoms with Crippen molar-refractivity contribution in [2.45, 2.75) is 32.5 Å². The average Bonchev–Trinajstić information content (AvgIpc) is 3.17. The van der Waals surface area contributed by atoms with E-state index in [1.54, 1.807) is 7.11 Å². The van der Waals surface area contributed by atoms with Gasteiger partial charge in [-0.05, 0) is 24.5 Å². The Labute approximate surface area is 157 Å². The van der Waals surface area contributed by atoms with E-state index in [0.29, 0.717) is 19.2 Å². The Balaban J connectivity index is 1.58. The molecule has 0 spiro atoms. The first-order valence-electron chi connectivity index (χ1n) is 9.72. The number of aliphatic imine (C=N–C) groups is 1. The molecule has 0 amide bonds. The van der Waals surface area contributed by atoms with Crippen LogP contribution < -0.4 is 5.32 Å². The van der Waals surface area contributed by atoms with E-state index in [1.807, 2.05) is 0 Å². The molecule has 3 rings (SSSR count). The summed E-state index contributed by atoms with van der Waals surface area (Å²) in [6.45, 7) is 10.3. The molecule has 1 unspecified atom stereocenters. The highest BCUT2D eigenvalue weighted by atomic mass is 16.5. The van der Waals surface area contributed by atoms with Crippen molar-refractivity contribution in [3.05, 3.63) is 35.4 Å². The minimum Gasteiger partial charge on any atom is -0.380 e. The van der Waals surface area contributed by atoms with Crippen LogP contribution in [0, 0.1) is 0 Å². The van der Waals surface area contributed by atoms with Crippen molar-refractivity contribution in [3.8, 4) is 0 Å². The third-order valence-corrected chi connectivity index (χ3v) is 5.11. The number of ether oxygens (including phenoxy) is 2. The molecule has 0 bridgehead atoms. The Bertz CT molecular complexity index is 570. The van der Waals surface area contributed by atoms with Crippen LogP contribution in [0.3, 0.4) is 0 Å². The van der Waals surface area contributed by atoms with E-state index in [4.69, 9.17) is 14.5 Å². The smallest absolute Gasteiger partial charge is 0.194 e. The first-order chi connectivity index (χ1) is 12.8. The predicted octanol–water partition coefficient (Wildman–Crippen LogP) is 1.71. The molecule has 2 aliphatic heterocycles. The zero-order valence-corrected chi connectivity index (χ0v) is 16.1. The number of hydrogen-bond donors (Lipinski definition) is 1. The lowest BCUT2D eigenvalue weighted by Crippen LogP contribution is -2.46. The second-order valence-electron chi connectivity index (χ2n) is 6.96. The molecule has 2 saturated heterocycles. The number of morpholine rings is 1. The quantitative estimate of drug-likeness (QED) is 0.618. The molecule has 1 aromatic carbocycles. The van der Waals surface area contributed by atoms with Crippen LogP contribution in [0.5, 0.6) is 0 Å². The Kier molecular flexibility index (Phi) is 7.29. The van der Waals surface area contributed by atoms with Gasteiger partial charge in [0.1, 0.15) is 0 Å². The van der Waals surface area contributed by atoms with Crippen LogP contribution in [-0.2, 0) is 22.6 Å². The fourth-order valence-electron chi connectivity index (χ4n) is 3.67. The Hall–Kier alpha value is -1.63. The van der Waals surface area contributed by atoms with E-state index in [-0.39, 0.29) is 0 Å². The van der Waals surface area contributed by atoms with E-state index in [9.17, 15) is 0 Å². The molecule has 0 saturated carbocycles. The summed E-state index contributed by atoms with van der Waals surface area (Å²) in [6.07, 6.45) is 1.20. The summed E-state index contributed by atoms with van der Waals surface area (Å²) in [5.41, 5.74) is 2.42. The largest absolute Gasteiger partial charge is 0.380 e. The van der Waals surface area contributed by atoms with Gasteiger partial charge < -0.3 is 19.7 Å². The van der Waals surface area contributed by atoms with Crippen molar-refractivity contribution in [3.63, 3.8) is 0 Å². The molecule has 2 fully saturated rings. The lowest BCUT2D eigenvalue weighted by molar-refractivity contribution is 0.0195. The van der Waals surface area contributed by atoms with Crippen molar-refractivity contribution in [2.75, 3.05) is 53.0 Å². The molecular weight excluding hydrogens is 328 g/mol. The highest BCUT2D eigenvalue weighted by Gasteiger charge is 2.30. The van der Waals surface area contributed by atoms with E-state index < -0.39 is 0 Å². The predicted molar refractivity (Wildman–Crippen MR) is 104 cm³/mol. The molecular formula is C20H32N4O2. The third kappa shape index (κ3) is 5.19. The molecule has 2 heterocycles. The van der Waals surface area contributed by atoms with E-state index >= 15 is 0 Å². The van der Waals surface area contributed by atoms with Crippen LogP contribution in [0.1, 0.15) is 24.5 Å². The fraction of sp³-hybridized carbons (Fsp3) is 0.650. The van der Waals surface area contributed by atoms with Gasteiger partial charge in [-0.2, -0.15) is 0 Å². The van der Waals surface area contributed by atoms with Crippen molar-refractivity contribution in [2.24, 2.45) is 4.99 Å². The zero-order chi connectivity index (χ0) is 18.2. The first-order valence-corrected chi connectivity index (χ1v) is 9.72. The number of hydrogen-bond acceptors (Lipinski definition) is 4. The van der Waals surface area contributed by atoms with E-state index in [0.717, 1.165) is 51.9 Å². The molecule has 26 heavy (non-hydrogen) atoms. The molecule has 144 valence electrons. The standard InChI is InChI=1S/C20H32N4O2/c1-3-21-20(22-14-17-4-6-18(7-5-17)16-25-2)24-9-8-19(15-24)23-10-12-26-13-11-23/h4-7,19H,3,8-16H2,1-2H3,(H,21,22). The van der Waals surface area contributed by atoms with Crippen molar-refractivity contribution >= 4 is 5.96 Å². The first kappa shape index (κ1) is 19.1. The van der Waals surface area contributed by atoms with Crippen molar-refractivity contribution in [1.29, 1.82) is 0 Å². The molecule has 6 heteroatoms. The van der Waals surface area contributed by atoms with Gasteiger partial charge in [0, 0.05) is 45.9 Å². The summed E-state index contributed by atoms with van der Waals surface area (Å²) in [5, 5.41) is 3.46. The van der Waals surface area contributed by atoms with Crippen LogP contribution in [0.25, 0.3) is 0 Å². The number of rotatable bonds is 6. The minimum atomic E-state index is 0.621. The summed E-state index contributed by atoms with van der Waals surface area (Å²) in [4.78, 5) is 9.85. The number of guanidine groups is 1. The summed E-state index contributed by atoms with van der Waals surface area (Å²) in [6, 6.07) is 9.14. The van der Waals surface area contributed by atoms with Crippen LogP contribution in [0.15, 0.2) is 29.3 Å². The van der Waals surface area contributed by atoms with Crippen LogP contribution in [0.4, 0.5) is 0 Å². The normalized spacial score (nSPS) is 22.0. The molecule has 2 aliphatic rings. The summed E-state index contributed by atoms with van der Waals surface area (Å²) in [7, 11) is 1.72. The number of benzene rings is 1. The summed E-state index contributed by atoms with van der Waals surface area (Å²) in [5.74, 6) is 1.03. The van der Waals surface area contributed by atoms with Crippen LogP contribution in [0.2, 0.25) is 0 Å². The van der Waals surface area contributed by atoms with Gasteiger partial charge in [-0.3, -0.25) is 4.90 Å². The maximum absolute atomic E-state index is 5.48. The number of likely N-dealkylation sites (tertiary alicyclic amines) is 1. The topological polar surface area (TPSA) is 49.3 Å². The molecule has 1 atom stereocenters. The minimum absolute atomic E-state index is 0.621. The van der Waals surface area contributed by atoms with Crippen LogP contribution in [-0.4, -0.2) is 74.8 Å². The Morgan fingerprint density at radius 3 is 2.62 bits per heavy atom. The molecule has 0 aliphatic carbocycles. The Morgan fingerprint density at radius 1 is 1.19 bits per heavy atom. The summed E-state index contributed by atoms with van der Waals surface area (Å²) >= 11 is 0. The molecule has 0 radical (unpaired) electrons. The lowest BCUT2D eigenvalue weighted by Gasteiger charge is -2.32. The van der Waals surface area contributed by atoms with E-state index in [2.05, 4.69) is 46.3 Å². The highest BCUT2D eigenvalue weighted by Crippen LogP contribution is 2.17. The second-order valence-corrected chi connectivity index (χ2v) is 6.96. The average molecular weight is 361 g/mol. The van der Waals surface area contributed by atoms with Crippen molar-refractivity contribution < 1.29 is 9.47 Å². The number of nitrogens with one attached hydrogen (secondary N) is 1. The Morgan fingerprint density at radius 2 is 1.92 bits per heavy atom. The zero-order valence-electron chi connectivity index (χ0n) is 16.1. The van der Waals surface area contributed by atoms with Gasteiger partial charge in [0.05, 0.1) is 26.4 Å². The SMILES string of the molecule is CCNC(=NCc1ccc(COC)cc1)N1CCC(N2CCOCC2)C1. The highest BCUT2D eigenvalue weighted by molar-refractivity contribution is 5.80.